The van der Waals surface area contributed by atoms with Crippen molar-refractivity contribution in [1.29, 1.82) is 0 Å². The van der Waals surface area contributed by atoms with E-state index < -0.39 is 5.60 Å². The van der Waals surface area contributed by atoms with Gasteiger partial charge in [0.2, 0.25) is 0 Å². The van der Waals surface area contributed by atoms with E-state index in [1.807, 2.05) is 25.7 Å². The number of hydrogen-bond acceptors (Lipinski definition) is 3. The smallest absolute Gasteiger partial charge is 0.410 e. The molecule has 1 heterocycles. The maximum Gasteiger partial charge on any atom is 0.410 e. The Bertz CT molecular complexity index is 309. The fourth-order valence-corrected chi connectivity index (χ4v) is 2.19. The lowest BCUT2D eigenvalue weighted by atomic mass is 10.0. The Kier molecular flexibility index (Phi) is 6.31. The van der Waals surface area contributed by atoms with Gasteiger partial charge in [-0.2, -0.15) is 0 Å². The molecule has 0 bridgehead atoms. The third-order valence-corrected chi connectivity index (χ3v) is 3.75. The van der Waals surface area contributed by atoms with Crippen molar-refractivity contribution in [2.45, 2.75) is 78.6 Å². The second-order valence-electron chi connectivity index (χ2n) is 7.11. The molecule has 0 aromatic rings. The molecular formula is C16H31NO3. The highest BCUT2D eigenvalue weighted by Crippen LogP contribution is 2.21. The van der Waals surface area contributed by atoms with E-state index in [0.29, 0.717) is 12.5 Å². The van der Waals surface area contributed by atoms with Crippen LogP contribution in [0.25, 0.3) is 0 Å². The summed E-state index contributed by atoms with van der Waals surface area (Å²) in [5.74, 6) is 0.494. The molecule has 0 aliphatic carbocycles. The average molecular weight is 285 g/mol. The van der Waals surface area contributed by atoms with Crippen molar-refractivity contribution in [2.75, 3.05) is 13.2 Å². The van der Waals surface area contributed by atoms with Gasteiger partial charge in [-0.1, -0.05) is 13.8 Å². The Morgan fingerprint density at radius 2 is 1.90 bits per heavy atom. The molecule has 4 heteroatoms. The van der Waals surface area contributed by atoms with Crippen molar-refractivity contribution in [3.63, 3.8) is 0 Å². The van der Waals surface area contributed by atoms with Gasteiger partial charge in [0.15, 0.2) is 0 Å². The van der Waals surface area contributed by atoms with Gasteiger partial charge in [-0.15, -0.1) is 0 Å². The highest BCUT2D eigenvalue weighted by Gasteiger charge is 2.30. The summed E-state index contributed by atoms with van der Waals surface area (Å²) in [6.45, 7) is 13.5. The molecule has 20 heavy (non-hydrogen) atoms. The summed E-state index contributed by atoms with van der Waals surface area (Å²) < 4.78 is 11.4. The molecule has 1 fully saturated rings. The molecule has 1 rings (SSSR count). The summed E-state index contributed by atoms with van der Waals surface area (Å²) in [4.78, 5) is 14.1. The third kappa shape index (κ3) is 5.70. The highest BCUT2D eigenvalue weighted by molar-refractivity contribution is 5.68. The standard InChI is InChI=1S/C16H31NO3/c1-12(2)13(3)19-11-14-9-7-8-10-17(14)15(18)20-16(4,5)6/h12-14H,7-11H2,1-6H3/t13-,14?/m1/s1. The topological polar surface area (TPSA) is 38.8 Å². The van der Waals surface area contributed by atoms with Gasteiger partial charge >= 0.3 is 6.09 Å². The summed E-state index contributed by atoms with van der Waals surface area (Å²) in [5.41, 5.74) is -0.439. The van der Waals surface area contributed by atoms with E-state index in [2.05, 4.69) is 20.8 Å². The Balaban J connectivity index is 2.55. The molecule has 1 aliphatic heterocycles. The summed E-state index contributed by atoms with van der Waals surface area (Å²) in [6, 6.07) is 0.153. The number of rotatable bonds is 4. The first-order chi connectivity index (χ1) is 9.20. The quantitative estimate of drug-likeness (QED) is 0.788. The minimum atomic E-state index is -0.439. The molecular weight excluding hydrogens is 254 g/mol. The highest BCUT2D eigenvalue weighted by atomic mass is 16.6. The van der Waals surface area contributed by atoms with Crippen molar-refractivity contribution < 1.29 is 14.3 Å². The fraction of sp³-hybridized carbons (Fsp3) is 0.938. The largest absolute Gasteiger partial charge is 0.444 e. The molecule has 118 valence electrons. The van der Waals surface area contributed by atoms with Crippen molar-refractivity contribution in [3.8, 4) is 0 Å². The molecule has 2 atom stereocenters. The Hall–Kier alpha value is -0.770. The van der Waals surface area contributed by atoms with E-state index in [0.717, 1.165) is 25.8 Å². The van der Waals surface area contributed by atoms with Crippen LogP contribution in [0.3, 0.4) is 0 Å². The number of hydrogen-bond donors (Lipinski definition) is 0. The van der Waals surface area contributed by atoms with Gasteiger partial charge < -0.3 is 14.4 Å². The molecule has 0 aromatic carbocycles. The second kappa shape index (κ2) is 7.30. The Labute approximate surface area is 123 Å². The van der Waals surface area contributed by atoms with Crippen molar-refractivity contribution in [3.05, 3.63) is 0 Å². The molecule has 1 aliphatic rings. The lowest BCUT2D eigenvalue weighted by Crippen LogP contribution is -2.48. The van der Waals surface area contributed by atoms with Gasteiger partial charge in [0.1, 0.15) is 5.60 Å². The predicted octanol–water partition coefficient (Wildman–Crippen LogP) is 3.84. The van der Waals surface area contributed by atoms with Crippen LogP contribution >= 0.6 is 0 Å². The van der Waals surface area contributed by atoms with Crippen molar-refractivity contribution >= 4 is 6.09 Å². The van der Waals surface area contributed by atoms with Crippen molar-refractivity contribution in [2.24, 2.45) is 5.92 Å². The first kappa shape index (κ1) is 17.3. The van der Waals surface area contributed by atoms with E-state index in [4.69, 9.17) is 9.47 Å². The molecule has 1 unspecified atom stereocenters. The van der Waals surface area contributed by atoms with Gasteiger partial charge in [-0.05, 0) is 52.9 Å². The van der Waals surface area contributed by atoms with E-state index in [-0.39, 0.29) is 18.2 Å². The molecule has 0 N–H and O–H groups in total. The summed E-state index contributed by atoms with van der Waals surface area (Å²) >= 11 is 0. The normalized spacial score (nSPS) is 21.9. The minimum Gasteiger partial charge on any atom is -0.444 e. The zero-order chi connectivity index (χ0) is 15.3. The molecule has 0 aromatic heterocycles. The number of carbonyl (C=O) groups excluding carboxylic acids is 1. The lowest BCUT2D eigenvalue weighted by molar-refractivity contribution is -0.0295. The molecule has 1 saturated heterocycles. The molecule has 0 radical (unpaired) electrons. The van der Waals surface area contributed by atoms with Gasteiger partial charge in [0, 0.05) is 6.54 Å². The van der Waals surface area contributed by atoms with Crippen LogP contribution in [-0.2, 0) is 9.47 Å². The first-order valence-electron chi connectivity index (χ1n) is 7.82. The van der Waals surface area contributed by atoms with Crippen LogP contribution in [-0.4, -0.2) is 41.9 Å². The van der Waals surface area contributed by atoms with Gasteiger partial charge in [-0.3, -0.25) is 0 Å². The molecule has 0 saturated carbocycles. The molecule has 1 amide bonds. The number of piperidine rings is 1. The van der Waals surface area contributed by atoms with Crippen LogP contribution in [0, 0.1) is 5.92 Å². The number of amides is 1. The summed E-state index contributed by atoms with van der Waals surface area (Å²) in [7, 11) is 0. The third-order valence-electron chi connectivity index (χ3n) is 3.75. The number of ether oxygens (including phenoxy) is 2. The van der Waals surface area contributed by atoms with E-state index in [9.17, 15) is 4.79 Å². The Morgan fingerprint density at radius 3 is 2.45 bits per heavy atom. The van der Waals surface area contributed by atoms with Gasteiger partial charge in [-0.25, -0.2) is 4.79 Å². The maximum absolute atomic E-state index is 12.3. The van der Waals surface area contributed by atoms with Crippen LogP contribution in [0.4, 0.5) is 4.79 Å². The monoisotopic (exact) mass is 285 g/mol. The van der Waals surface area contributed by atoms with E-state index in [1.165, 1.54) is 0 Å². The van der Waals surface area contributed by atoms with Crippen LogP contribution < -0.4 is 0 Å². The van der Waals surface area contributed by atoms with Crippen LogP contribution in [0.15, 0.2) is 0 Å². The fourth-order valence-electron chi connectivity index (χ4n) is 2.19. The zero-order valence-electron chi connectivity index (χ0n) is 13.9. The average Bonchev–Trinajstić information content (AvgIpc) is 2.34. The molecule has 4 nitrogen and oxygen atoms in total. The summed E-state index contributed by atoms with van der Waals surface area (Å²) in [5, 5.41) is 0. The molecule has 0 spiro atoms. The first-order valence-corrected chi connectivity index (χ1v) is 7.82. The number of nitrogens with zero attached hydrogens (tertiary/aromatic N) is 1. The van der Waals surface area contributed by atoms with Crippen molar-refractivity contribution in [1.82, 2.24) is 4.90 Å². The second-order valence-corrected chi connectivity index (χ2v) is 7.11. The predicted molar refractivity (Wildman–Crippen MR) is 80.8 cm³/mol. The van der Waals surface area contributed by atoms with Crippen LogP contribution in [0.2, 0.25) is 0 Å². The van der Waals surface area contributed by atoms with Crippen LogP contribution in [0.5, 0.6) is 0 Å². The minimum absolute atomic E-state index is 0.153. The van der Waals surface area contributed by atoms with E-state index >= 15 is 0 Å². The maximum atomic E-state index is 12.3. The van der Waals surface area contributed by atoms with Gasteiger partial charge in [0.05, 0.1) is 18.8 Å². The SMILES string of the molecule is CC(C)[C@@H](C)OCC1CCCCN1C(=O)OC(C)(C)C. The van der Waals surface area contributed by atoms with E-state index in [1.54, 1.807) is 0 Å². The Morgan fingerprint density at radius 1 is 1.25 bits per heavy atom. The van der Waals surface area contributed by atoms with Crippen LogP contribution in [0.1, 0.15) is 60.8 Å². The summed E-state index contributed by atoms with van der Waals surface area (Å²) in [6.07, 6.45) is 3.23. The number of carbonyl (C=O) groups is 1. The number of likely N-dealkylation sites (tertiary alicyclic amines) is 1. The van der Waals surface area contributed by atoms with Gasteiger partial charge in [0.25, 0.3) is 0 Å². The zero-order valence-corrected chi connectivity index (χ0v) is 13.9. The lowest BCUT2D eigenvalue weighted by Gasteiger charge is -2.37.